The molecule has 1 heterocycles. The van der Waals surface area contributed by atoms with Crippen molar-refractivity contribution in [1.29, 1.82) is 0 Å². The summed E-state index contributed by atoms with van der Waals surface area (Å²) in [4.78, 5) is 39.4. The predicted molar refractivity (Wildman–Crippen MR) is 141 cm³/mol. The zero-order chi connectivity index (χ0) is 26.7. The fourth-order valence-electron chi connectivity index (χ4n) is 3.75. The van der Waals surface area contributed by atoms with E-state index >= 15 is 0 Å². The summed E-state index contributed by atoms with van der Waals surface area (Å²) < 4.78 is 16.4. The van der Waals surface area contributed by atoms with Crippen molar-refractivity contribution < 1.29 is 28.6 Å². The fourth-order valence-corrected chi connectivity index (χ4v) is 3.75. The number of carbonyl (C=O) groups is 3. The molecule has 10 nitrogen and oxygen atoms in total. The van der Waals surface area contributed by atoms with Gasteiger partial charge in [0.1, 0.15) is 18.1 Å². The third-order valence-corrected chi connectivity index (χ3v) is 5.73. The van der Waals surface area contributed by atoms with Gasteiger partial charge >= 0.3 is 11.8 Å². The first-order chi connectivity index (χ1) is 18.5. The second-order valence-corrected chi connectivity index (χ2v) is 8.28. The number of nitrogens with zero attached hydrogens (tertiary/aromatic N) is 2. The second kappa shape index (κ2) is 13.0. The number of methoxy groups -OCH3 is 1. The van der Waals surface area contributed by atoms with Crippen LogP contribution in [-0.4, -0.2) is 62.2 Å². The van der Waals surface area contributed by atoms with Crippen molar-refractivity contribution in [2.24, 2.45) is 5.10 Å². The van der Waals surface area contributed by atoms with Gasteiger partial charge in [-0.1, -0.05) is 36.4 Å². The molecule has 0 atom stereocenters. The van der Waals surface area contributed by atoms with E-state index in [0.29, 0.717) is 49.8 Å². The molecule has 0 unspecified atom stereocenters. The van der Waals surface area contributed by atoms with E-state index in [4.69, 9.17) is 14.2 Å². The maximum absolute atomic E-state index is 12.9. The number of hydrogen-bond donors (Lipinski definition) is 2. The summed E-state index contributed by atoms with van der Waals surface area (Å²) in [5, 5.41) is 6.40. The molecule has 10 heteroatoms. The molecule has 196 valence electrons. The predicted octanol–water partition coefficient (Wildman–Crippen LogP) is 2.84. The van der Waals surface area contributed by atoms with Gasteiger partial charge < -0.3 is 24.4 Å². The molecule has 0 radical (unpaired) electrons. The molecule has 0 aromatic heterocycles. The molecule has 38 heavy (non-hydrogen) atoms. The van der Waals surface area contributed by atoms with Crippen LogP contribution in [0.4, 0.5) is 5.69 Å². The summed E-state index contributed by atoms with van der Waals surface area (Å²) in [6, 6.07) is 21.2. The molecular formula is C28H28N4O6. The van der Waals surface area contributed by atoms with E-state index in [1.807, 2.05) is 30.3 Å². The van der Waals surface area contributed by atoms with Gasteiger partial charge in [-0.2, -0.15) is 5.10 Å². The molecular weight excluding hydrogens is 488 g/mol. The van der Waals surface area contributed by atoms with Gasteiger partial charge in [-0.05, 0) is 42.0 Å². The topological polar surface area (TPSA) is 119 Å². The van der Waals surface area contributed by atoms with Crippen LogP contribution in [0.1, 0.15) is 21.5 Å². The van der Waals surface area contributed by atoms with Crippen molar-refractivity contribution in [3.05, 3.63) is 89.5 Å². The van der Waals surface area contributed by atoms with Crippen LogP contribution in [-0.2, 0) is 20.9 Å². The van der Waals surface area contributed by atoms with Gasteiger partial charge in [0, 0.05) is 18.7 Å². The first kappa shape index (κ1) is 26.4. The van der Waals surface area contributed by atoms with E-state index in [1.54, 1.807) is 54.5 Å². The Bertz CT molecular complexity index is 1320. The molecule has 0 spiro atoms. The van der Waals surface area contributed by atoms with Gasteiger partial charge in [0.15, 0.2) is 0 Å². The Morgan fingerprint density at radius 2 is 1.74 bits per heavy atom. The van der Waals surface area contributed by atoms with Gasteiger partial charge in [-0.25, -0.2) is 5.43 Å². The summed E-state index contributed by atoms with van der Waals surface area (Å²) in [5.74, 6) is -0.895. The molecule has 0 bridgehead atoms. The van der Waals surface area contributed by atoms with E-state index < -0.39 is 11.8 Å². The first-order valence-electron chi connectivity index (χ1n) is 12.0. The smallest absolute Gasteiger partial charge is 0.329 e. The highest BCUT2D eigenvalue weighted by Gasteiger charge is 2.23. The minimum atomic E-state index is -0.982. The lowest BCUT2D eigenvalue weighted by molar-refractivity contribution is -0.136. The maximum atomic E-state index is 12.9. The monoisotopic (exact) mass is 516 g/mol. The van der Waals surface area contributed by atoms with Crippen LogP contribution in [0.3, 0.4) is 0 Å². The molecule has 0 saturated carbocycles. The Labute approximate surface area is 220 Å². The number of nitrogens with one attached hydrogen (secondary N) is 2. The van der Waals surface area contributed by atoms with Crippen LogP contribution in [0, 0.1) is 0 Å². The summed E-state index contributed by atoms with van der Waals surface area (Å²) in [7, 11) is 1.60. The number of hydrazone groups is 1. The Balaban J connectivity index is 1.35. The number of para-hydroxylation sites is 2. The summed E-state index contributed by atoms with van der Waals surface area (Å²) in [6.07, 6.45) is 1.39. The number of benzene rings is 3. The van der Waals surface area contributed by atoms with Crippen molar-refractivity contribution in [3.63, 3.8) is 0 Å². The Kier molecular flexibility index (Phi) is 9.03. The number of carbonyl (C=O) groups excluding carboxylic acids is 3. The van der Waals surface area contributed by atoms with E-state index in [9.17, 15) is 14.4 Å². The van der Waals surface area contributed by atoms with E-state index in [1.165, 1.54) is 6.21 Å². The maximum Gasteiger partial charge on any atom is 0.329 e. The van der Waals surface area contributed by atoms with Gasteiger partial charge in [-0.15, -0.1) is 0 Å². The number of amides is 3. The van der Waals surface area contributed by atoms with Crippen molar-refractivity contribution in [3.8, 4) is 11.5 Å². The van der Waals surface area contributed by atoms with E-state index in [0.717, 1.165) is 11.3 Å². The molecule has 3 aromatic carbocycles. The van der Waals surface area contributed by atoms with E-state index in [2.05, 4.69) is 15.8 Å². The van der Waals surface area contributed by atoms with Crippen molar-refractivity contribution in [2.75, 3.05) is 38.7 Å². The summed E-state index contributed by atoms with van der Waals surface area (Å²) >= 11 is 0. The van der Waals surface area contributed by atoms with Crippen LogP contribution >= 0.6 is 0 Å². The van der Waals surface area contributed by atoms with Gasteiger partial charge in [0.2, 0.25) is 0 Å². The lowest BCUT2D eigenvalue weighted by atomic mass is 10.1. The van der Waals surface area contributed by atoms with Crippen LogP contribution in [0.15, 0.2) is 77.9 Å². The highest BCUT2D eigenvalue weighted by atomic mass is 16.5. The zero-order valence-corrected chi connectivity index (χ0v) is 20.9. The Morgan fingerprint density at radius 1 is 0.974 bits per heavy atom. The number of ether oxygens (including phenoxy) is 3. The second-order valence-electron chi connectivity index (χ2n) is 8.28. The molecule has 0 aliphatic carbocycles. The van der Waals surface area contributed by atoms with Crippen molar-refractivity contribution in [1.82, 2.24) is 10.3 Å². The van der Waals surface area contributed by atoms with Crippen LogP contribution in [0.25, 0.3) is 0 Å². The van der Waals surface area contributed by atoms with Crippen LogP contribution < -0.4 is 20.2 Å². The van der Waals surface area contributed by atoms with Crippen LogP contribution in [0.2, 0.25) is 0 Å². The van der Waals surface area contributed by atoms with Gasteiger partial charge in [0.05, 0.1) is 37.8 Å². The molecule has 4 rings (SSSR count). The fraction of sp³-hybridized carbons (Fsp3) is 0.214. The first-order valence-corrected chi connectivity index (χ1v) is 12.0. The minimum absolute atomic E-state index is 0.240. The molecule has 1 aliphatic heterocycles. The largest absolute Gasteiger partial charge is 0.497 e. The van der Waals surface area contributed by atoms with Gasteiger partial charge in [0.25, 0.3) is 5.91 Å². The molecule has 1 fully saturated rings. The molecule has 2 N–H and O–H groups in total. The van der Waals surface area contributed by atoms with Crippen molar-refractivity contribution in [2.45, 2.75) is 6.61 Å². The lowest BCUT2D eigenvalue weighted by Crippen LogP contribution is -2.41. The Hall–Kier alpha value is -4.70. The Morgan fingerprint density at radius 3 is 2.55 bits per heavy atom. The minimum Gasteiger partial charge on any atom is -0.497 e. The number of rotatable bonds is 8. The third kappa shape index (κ3) is 6.95. The third-order valence-electron chi connectivity index (χ3n) is 5.73. The van der Waals surface area contributed by atoms with Gasteiger partial charge in [-0.3, -0.25) is 14.4 Å². The standard InChI is InChI=1S/C28H28N4O6/c1-36-22-9-6-7-20(17-22)19-38-25-12-5-2-8-21(25)18-29-31-27(34)26(33)30-24-11-4-3-10-23(24)28(35)32-13-15-37-16-14-32/h2-12,17-18H,13-16,19H2,1H3,(H,30,33)(H,31,34)/b29-18-. The molecule has 1 aliphatic rings. The number of hydrogen-bond acceptors (Lipinski definition) is 7. The molecule has 1 saturated heterocycles. The lowest BCUT2D eigenvalue weighted by Gasteiger charge is -2.27. The molecule has 3 amide bonds. The normalized spacial score (nSPS) is 13.1. The number of anilines is 1. The highest BCUT2D eigenvalue weighted by Crippen LogP contribution is 2.20. The average Bonchev–Trinajstić information content (AvgIpc) is 2.97. The van der Waals surface area contributed by atoms with Crippen molar-refractivity contribution >= 4 is 29.6 Å². The summed E-state index contributed by atoms with van der Waals surface area (Å²) in [6.45, 7) is 2.13. The van der Waals surface area contributed by atoms with Crippen LogP contribution in [0.5, 0.6) is 11.5 Å². The number of morpholine rings is 1. The quantitative estimate of drug-likeness (QED) is 0.270. The van der Waals surface area contributed by atoms with E-state index in [-0.39, 0.29) is 11.6 Å². The molecule has 3 aromatic rings. The SMILES string of the molecule is COc1cccc(COc2ccccc2/C=N\NC(=O)C(=O)Nc2ccccc2C(=O)N2CCOCC2)c1. The highest BCUT2D eigenvalue weighted by molar-refractivity contribution is 6.40. The average molecular weight is 517 g/mol. The summed E-state index contributed by atoms with van der Waals surface area (Å²) in [5.41, 5.74) is 4.28. The zero-order valence-electron chi connectivity index (χ0n) is 20.9.